The number of halogens is 1. The first-order chi connectivity index (χ1) is 17.2. The lowest BCUT2D eigenvalue weighted by Crippen LogP contribution is -2.50. The van der Waals surface area contributed by atoms with Gasteiger partial charge in [0.25, 0.3) is 5.91 Å². The summed E-state index contributed by atoms with van der Waals surface area (Å²) in [7, 11) is 0. The van der Waals surface area contributed by atoms with Gasteiger partial charge in [0, 0.05) is 38.9 Å². The summed E-state index contributed by atoms with van der Waals surface area (Å²) in [6, 6.07) is 29.4. The first-order valence-electron chi connectivity index (χ1n) is 11.9. The monoisotopic (exact) mass is 468 g/mol. The summed E-state index contributed by atoms with van der Waals surface area (Å²) in [5.74, 6) is -0.534. The highest BCUT2D eigenvalue weighted by Crippen LogP contribution is 2.29. The van der Waals surface area contributed by atoms with Crippen LogP contribution in [-0.4, -0.2) is 48.4 Å². The number of nitrogens with one attached hydrogen (secondary N) is 1. The summed E-state index contributed by atoms with van der Waals surface area (Å²) in [5, 5.41) is 12.6. The number of hydrogen-bond acceptors (Lipinski definition) is 4. The molecule has 0 radical (unpaired) electrons. The Morgan fingerprint density at radius 1 is 0.943 bits per heavy atom. The second-order valence-electron chi connectivity index (χ2n) is 8.56. The molecule has 0 saturated carbocycles. The van der Waals surface area contributed by atoms with E-state index in [9.17, 15) is 14.4 Å². The van der Waals surface area contributed by atoms with E-state index in [0.717, 1.165) is 5.56 Å². The number of carbonyl (C=O) groups is 1. The summed E-state index contributed by atoms with van der Waals surface area (Å²) in [6.45, 7) is 3.04. The Balaban J connectivity index is 1.36. The molecule has 4 rings (SSSR count). The number of piperazine rings is 1. The number of nitrogens with zero attached hydrogens (tertiary/aromatic N) is 3. The molecular weight excluding hydrogens is 439 g/mol. The molecule has 1 aliphatic rings. The zero-order chi connectivity index (χ0) is 24.5. The van der Waals surface area contributed by atoms with E-state index >= 15 is 0 Å². The van der Waals surface area contributed by atoms with Gasteiger partial charge in [-0.15, -0.1) is 0 Å². The van der Waals surface area contributed by atoms with Crippen molar-refractivity contribution in [3.63, 3.8) is 0 Å². The van der Waals surface area contributed by atoms with Gasteiger partial charge in [-0.3, -0.25) is 9.69 Å². The van der Waals surface area contributed by atoms with Gasteiger partial charge in [-0.05, 0) is 35.2 Å². The molecule has 0 spiro atoms. The van der Waals surface area contributed by atoms with Gasteiger partial charge in [-0.25, -0.2) is 4.39 Å². The number of hydrogen-bond donors (Lipinski definition) is 1. The van der Waals surface area contributed by atoms with Crippen molar-refractivity contribution in [1.82, 2.24) is 15.1 Å². The third-order valence-electron chi connectivity index (χ3n) is 6.24. The first-order valence-corrected chi connectivity index (χ1v) is 11.9. The molecule has 1 saturated heterocycles. The van der Waals surface area contributed by atoms with Gasteiger partial charge in [0.05, 0.1) is 6.04 Å². The van der Waals surface area contributed by atoms with E-state index < -0.39 is 0 Å². The molecule has 5 nitrogen and oxygen atoms in total. The van der Waals surface area contributed by atoms with Crippen LogP contribution in [-0.2, 0) is 11.2 Å². The van der Waals surface area contributed by atoms with Crippen molar-refractivity contribution < 1.29 is 9.18 Å². The largest absolute Gasteiger partial charge is 0.389 e. The van der Waals surface area contributed by atoms with E-state index in [1.54, 1.807) is 11.0 Å². The molecule has 0 unspecified atom stereocenters. The number of carbonyl (C=O) groups excluding carboxylic acids is 1. The van der Waals surface area contributed by atoms with E-state index in [1.165, 1.54) is 29.5 Å². The molecule has 1 N–H and O–H groups in total. The van der Waals surface area contributed by atoms with Crippen molar-refractivity contribution in [2.45, 2.75) is 12.5 Å². The number of rotatable bonds is 8. The first kappa shape index (κ1) is 24.2. The van der Waals surface area contributed by atoms with Gasteiger partial charge >= 0.3 is 0 Å². The van der Waals surface area contributed by atoms with Crippen LogP contribution in [0.25, 0.3) is 0 Å². The lowest BCUT2D eigenvalue weighted by molar-refractivity contribution is -0.128. The normalized spacial score (nSPS) is 14.5. The Labute approximate surface area is 206 Å². The average Bonchev–Trinajstić information content (AvgIpc) is 2.90. The molecule has 35 heavy (non-hydrogen) atoms. The maximum atomic E-state index is 13.3. The van der Waals surface area contributed by atoms with E-state index in [2.05, 4.69) is 58.7 Å². The third kappa shape index (κ3) is 6.34. The predicted molar refractivity (Wildman–Crippen MR) is 135 cm³/mol. The zero-order valence-electron chi connectivity index (χ0n) is 19.6. The van der Waals surface area contributed by atoms with Gasteiger partial charge in [0.2, 0.25) is 0 Å². The fourth-order valence-electron chi connectivity index (χ4n) is 4.46. The molecule has 0 aliphatic carbocycles. The number of benzene rings is 3. The van der Waals surface area contributed by atoms with Crippen LogP contribution < -0.4 is 5.32 Å². The van der Waals surface area contributed by atoms with E-state index in [-0.39, 0.29) is 23.3 Å². The van der Waals surface area contributed by atoms with E-state index in [4.69, 9.17) is 0 Å². The van der Waals surface area contributed by atoms with Crippen LogP contribution in [0.4, 0.5) is 4.39 Å². The summed E-state index contributed by atoms with van der Waals surface area (Å²) in [5.41, 5.74) is 3.38. The molecule has 3 aromatic rings. The van der Waals surface area contributed by atoms with Crippen LogP contribution >= 0.6 is 0 Å². The molecule has 3 aromatic carbocycles. The fourth-order valence-corrected chi connectivity index (χ4v) is 4.46. The van der Waals surface area contributed by atoms with Gasteiger partial charge < -0.3 is 10.2 Å². The minimum absolute atomic E-state index is 0.0837. The van der Waals surface area contributed by atoms with E-state index in [0.29, 0.717) is 39.1 Å². The Morgan fingerprint density at radius 3 is 2.14 bits per heavy atom. The Morgan fingerprint density at radius 2 is 1.57 bits per heavy atom. The number of amides is 1. The van der Waals surface area contributed by atoms with Crippen LogP contribution in [0.1, 0.15) is 22.7 Å². The van der Waals surface area contributed by atoms with Gasteiger partial charge in [-0.1, -0.05) is 72.8 Å². The predicted octanol–water partition coefficient (Wildman–Crippen LogP) is 4.30. The van der Waals surface area contributed by atoms with Crippen LogP contribution in [0, 0.1) is 17.1 Å². The Hall–Kier alpha value is -3.95. The van der Waals surface area contributed by atoms with Gasteiger partial charge in [0.1, 0.15) is 17.5 Å². The second-order valence-corrected chi connectivity index (χ2v) is 8.56. The molecule has 1 amide bonds. The average molecular weight is 469 g/mol. The highest BCUT2D eigenvalue weighted by molar-refractivity contribution is 5.97. The molecule has 0 aromatic heterocycles. The minimum atomic E-state index is -0.271. The van der Waals surface area contributed by atoms with Crippen LogP contribution in [0.3, 0.4) is 0 Å². The molecule has 178 valence electrons. The molecule has 6 heteroatoms. The van der Waals surface area contributed by atoms with Crippen molar-refractivity contribution in [2.75, 3.05) is 32.7 Å². The summed E-state index contributed by atoms with van der Waals surface area (Å²) in [6.07, 6.45) is 2.07. The smallest absolute Gasteiger partial charge is 0.266 e. The van der Waals surface area contributed by atoms with Crippen molar-refractivity contribution >= 4 is 5.91 Å². The van der Waals surface area contributed by atoms with Crippen molar-refractivity contribution in [1.29, 1.82) is 5.26 Å². The molecule has 1 heterocycles. The highest BCUT2D eigenvalue weighted by atomic mass is 19.1. The van der Waals surface area contributed by atoms with Gasteiger partial charge in [0.15, 0.2) is 0 Å². The van der Waals surface area contributed by atoms with Crippen LogP contribution in [0.15, 0.2) is 96.7 Å². The number of nitriles is 1. The SMILES string of the molecule is N#C/C(=C/NCCc1cccc(F)c1)C(=O)N1CCN(C(c2ccccc2)c2ccccc2)CC1. The molecule has 0 atom stereocenters. The quantitative estimate of drug-likeness (QED) is 0.304. The third-order valence-corrected chi connectivity index (χ3v) is 6.24. The maximum absolute atomic E-state index is 13.3. The Bertz CT molecular complexity index is 1140. The maximum Gasteiger partial charge on any atom is 0.266 e. The summed E-state index contributed by atoms with van der Waals surface area (Å²) < 4.78 is 13.3. The topological polar surface area (TPSA) is 59.4 Å². The fraction of sp³-hybridized carbons (Fsp3) is 0.241. The molecule has 1 fully saturated rings. The van der Waals surface area contributed by atoms with Crippen molar-refractivity contribution in [3.8, 4) is 6.07 Å². The molecular formula is C29H29FN4O. The summed E-state index contributed by atoms with van der Waals surface area (Å²) >= 11 is 0. The zero-order valence-corrected chi connectivity index (χ0v) is 19.6. The second kappa shape index (κ2) is 12.0. The lowest BCUT2D eigenvalue weighted by atomic mass is 9.96. The lowest BCUT2D eigenvalue weighted by Gasteiger charge is -2.39. The minimum Gasteiger partial charge on any atom is -0.389 e. The summed E-state index contributed by atoms with van der Waals surface area (Å²) in [4.78, 5) is 17.1. The standard InChI is InChI=1S/C29H29FN4O/c30-27-13-7-8-23(20-27)14-15-32-22-26(21-31)29(35)34-18-16-33(17-19-34)28(24-9-3-1-4-10-24)25-11-5-2-6-12-25/h1-13,20,22,28,32H,14-19H2/b26-22-. The highest BCUT2D eigenvalue weighted by Gasteiger charge is 2.29. The van der Waals surface area contributed by atoms with Crippen molar-refractivity contribution in [3.05, 3.63) is 119 Å². The van der Waals surface area contributed by atoms with Crippen LogP contribution in [0.2, 0.25) is 0 Å². The Kier molecular flexibility index (Phi) is 8.26. The molecule has 1 aliphatic heterocycles. The van der Waals surface area contributed by atoms with Crippen molar-refractivity contribution in [2.24, 2.45) is 0 Å². The van der Waals surface area contributed by atoms with Crippen LogP contribution in [0.5, 0.6) is 0 Å². The molecule has 0 bridgehead atoms. The van der Waals surface area contributed by atoms with E-state index in [1.807, 2.05) is 24.3 Å². The van der Waals surface area contributed by atoms with Gasteiger partial charge in [-0.2, -0.15) is 5.26 Å².